The zero-order valence-corrected chi connectivity index (χ0v) is 17.6. The van der Waals surface area contributed by atoms with Gasteiger partial charge >= 0.3 is 5.92 Å². The van der Waals surface area contributed by atoms with E-state index in [-0.39, 0.29) is 23.5 Å². The van der Waals surface area contributed by atoms with Crippen LogP contribution < -0.4 is 15.0 Å². The smallest absolute Gasteiger partial charge is 0.304 e. The molecule has 0 radical (unpaired) electrons. The van der Waals surface area contributed by atoms with Gasteiger partial charge in [0.15, 0.2) is 11.6 Å². The molecule has 1 atom stereocenters. The lowest BCUT2D eigenvalue weighted by Crippen LogP contribution is -2.29. The molecule has 160 valence electrons. The Balaban J connectivity index is 1.89. The van der Waals surface area contributed by atoms with Gasteiger partial charge in [0.25, 0.3) is 0 Å². The van der Waals surface area contributed by atoms with Crippen LogP contribution in [0.25, 0.3) is 16.7 Å². The molecule has 0 bridgehead atoms. The van der Waals surface area contributed by atoms with Crippen molar-refractivity contribution in [2.45, 2.75) is 32.2 Å². The van der Waals surface area contributed by atoms with E-state index in [1.54, 1.807) is 19.2 Å². The Kier molecular flexibility index (Phi) is 5.46. The molecule has 1 N–H and O–H groups in total. The van der Waals surface area contributed by atoms with Gasteiger partial charge in [-0.3, -0.25) is 0 Å². The fraction of sp³-hybridized carbons (Fsp3) is 0.474. The third-order valence-electron chi connectivity index (χ3n) is 5.00. The second-order valence-corrected chi connectivity index (χ2v) is 7.58. The molecule has 30 heavy (non-hydrogen) atoms. The highest BCUT2D eigenvalue weighted by Gasteiger charge is 2.31. The summed E-state index contributed by atoms with van der Waals surface area (Å²) in [5.74, 6) is -2.94. The van der Waals surface area contributed by atoms with Crippen molar-refractivity contribution in [1.82, 2.24) is 30.0 Å². The van der Waals surface area contributed by atoms with Gasteiger partial charge in [-0.1, -0.05) is 11.6 Å². The maximum atomic E-state index is 14.0. The maximum absolute atomic E-state index is 14.0. The molecule has 3 aromatic rings. The van der Waals surface area contributed by atoms with Gasteiger partial charge in [0.1, 0.15) is 5.15 Å². The summed E-state index contributed by atoms with van der Waals surface area (Å²) in [5.41, 5.74) is 0.615. The largest absolute Gasteiger partial charge is 0.478 e. The number of pyridine rings is 1. The van der Waals surface area contributed by atoms with Crippen molar-refractivity contribution in [2.75, 3.05) is 31.6 Å². The molecule has 0 spiro atoms. The van der Waals surface area contributed by atoms with Gasteiger partial charge in [-0.25, -0.2) is 14.6 Å². The number of likely N-dealkylation sites (N-methyl/N-ethyl adjacent to an activating group) is 1. The molecule has 8 nitrogen and oxygen atoms in total. The van der Waals surface area contributed by atoms with Crippen molar-refractivity contribution in [1.29, 1.82) is 0 Å². The summed E-state index contributed by atoms with van der Waals surface area (Å²) < 4.78 is 34.9. The van der Waals surface area contributed by atoms with E-state index in [1.165, 1.54) is 10.7 Å². The summed E-state index contributed by atoms with van der Waals surface area (Å²) in [4.78, 5) is 14.2. The van der Waals surface area contributed by atoms with Crippen molar-refractivity contribution in [2.24, 2.45) is 0 Å². The molecule has 0 saturated carbocycles. The third kappa shape index (κ3) is 3.89. The molecule has 1 aliphatic heterocycles. The van der Waals surface area contributed by atoms with Crippen molar-refractivity contribution in [3.05, 3.63) is 29.3 Å². The molecule has 3 aromatic heterocycles. The van der Waals surface area contributed by atoms with Crippen LogP contribution in [0.3, 0.4) is 0 Å². The minimum absolute atomic E-state index is 0.0563. The number of halogens is 3. The molecule has 1 aliphatic rings. The topological polar surface area (TPSA) is 81.0 Å². The Morgan fingerprint density at radius 2 is 2.13 bits per heavy atom. The SMILES string of the molecule is CCOc1cc(-n2nc(N3CC[C@H](NC)C3)c3cnc(Cl)cc32)nc(C(C)(F)F)n1. The fourth-order valence-corrected chi connectivity index (χ4v) is 3.66. The Bertz CT molecular complexity index is 1070. The summed E-state index contributed by atoms with van der Waals surface area (Å²) >= 11 is 6.12. The molecule has 4 heterocycles. The standard InChI is InChI=1S/C19H22ClF2N7O/c1-4-30-16-8-15(25-18(26-16)19(2,21)22)29-13-7-14(20)24-9-12(13)17(27-29)28-6-5-11(10-28)23-3/h7-9,11,23H,4-6,10H2,1-3H3/t11-/m0/s1. The van der Waals surface area contributed by atoms with Gasteiger partial charge in [-0.2, -0.15) is 13.8 Å². The number of ether oxygens (including phenoxy) is 1. The third-order valence-corrected chi connectivity index (χ3v) is 5.21. The first-order valence-electron chi connectivity index (χ1n) is 9.67. The molecular formula is C19H22ClF2N7O. The van der Waals surface area contributed by atoms with Crippen LogP contribution in [0.2, 0.25) is 5.15 Å². The zero-order valence-electron chi connectivity index (χ0n) is 16.9. The summed E-state index contributed by atoms with van der Waals surface area (Å²) in [7, 11) is 1.93. The van der Waals surface area contributed by atoms with E-state index in [0.29, 0.717) is 17.4 Å². The van der Waals surface area contributed by atoms with E-state index in [0.717, 1.165) is 31.8 Å². The first-order valence-corrected chi connectivity index (χ1v) is 10.0. The highest BCUT2D eigenvalue weighted by atomic mass is 35.5. The molecule has 0 unspecified atom stereocenters. The normalized spacial score (nSPS) is 17.1. The van der Waals surface area contributed by atoms with Crippen molar-refractivity contribution >= 4 is 28.3 Å². The van der Waals surface area contributed by atoms with Crippen LogP contribution in [-0.2, 0) is 5.92 Å². The van der Waals surface area contributed by atoms with Gasteiger partial charge < -0.3 is 15.0 Å². The summed E-state index contributed by atoms with van der Waals surface area (Å²) in [5, 5.41) is 9.00. The quantitative estimate of drug-likeness (QED) is 0.593. The predicted octanol–water partition coefficient (Wildman–Crippen LogP) is 3.17. The monoisotopic (exact) mass is 437 g/mol. The first-order chi connectivity index (χ1) is 14.3. The van der Waals surface area contributed by atoms with Crippen molar-refractivity contribution < 1.29 is 13.5 Å². The summed E-state index contributed by atoms with van der Waals surface area (Å²) in [6, 6.07) is 3.48. The average Bonchev–Trinajstić information content (AvgIpc) is 3.31. The zero-order chi connectivity index (χ0) is 21.5. The minimum Gasteiger partial charge on any atom is -0.478 e. The van der Waals surface area contributed by atoms with Crippen LogP contribution in [-0.4, -0.2) is 57.5 Å². The Morgan fingerprint density at radius 3 is 2.80 bits per heavy atom. The van der Waals surface area contributed by atoms with E-state index in [2.05, 4.69) is 25.2 Å². The average molecular weight is 438 g/mol. The highest BCUT2D eigenvalue weighted by molar-refractivity contribution is 6.30. The number of nitrogens with zero attached hydrogens (tertiary/aromatic N) is 6. The van der Waals surface area contributed by atoms with Crippen LogP contribution in [0.15, 0.2) is 18.3 Å². The Morgan fingerprint density at radius 1 is 1.33 bits per heavy atom. The molecule has 0 aliphatic carbocycles. The lowest BCUT2D eigenvalue weighted by atomic mass is 10.3. The number of hydrogen-bond acceptors (Lipinski definition) is 7. The van der Waals surface area contributed by atoms with E-state index < -0.39 is 11.7 Å². The van der Waals surface area contributed by atoms with E-state index in [1.807, 2.05) is 7.05 Å². The van der Waals surface area contributed by atoms with Crippen LogP contribution in [0, 0.1) is 0 Å². The number of aromatic nitrogens is 5. The lowest BCUT2D eigenvalue weighted by molar-refractivity contribution is 0.00694. The van der Waals surface area contributed by atoms with E-state index in [4.69, 9.17) is 21.4 Å². The van der Waals surface area contributed by atoms with Crippen LogP contribution in [0.4, 0.5) is 14.6 Å². The molecular weight excluding hydrogens is 416 g/mol. The molecule has 1 fully saturated rings. The lowest BCUT2D eigenvalue weighted by Gasteiger charge is -2.16. The van der Waals surface area contributed by atoms with E-state index in [9.17, 15) is 8.78 Å². The Hall–Kier alpha value is -2.59. The van der Waals surface area contributed by atoms with Crippen molar-refractivity contribution in [3.8, 4) is 11.7 Å². The molecule has 4 rings (SSSR count). The number of anilines is 1. The number of fused-ring (bicyclic) bond motifs is 1. The number of hydrogen-bond donors (Lipinski definition) is 1. The van der Waals surface area contributed by atoms with Gasteiger partial charge in [-0.05, 0) is 20.4 Å². The number of nitrogens with one attached hydrogen (secondary N) is 1. The van der Waals surface area contributed by atoms with Gasteiger partial charge in [0, 0.05) is 44.4 Å². The van der Waals surface area contributed by atoms with Crippen LogP contribution in [0.5, 0.6) is 5.88 Å². The molecule has 0 amide bonds. The van der Waals surface area contributed by atoms with Gasteiger partial charge in [0.2, 0.25) is 11.7 Å². The van der Waals surface area contributed by atoms with Gasteiger partial charge in [0.05, 0.1) is 17.5 Å². The number of rotatable bonds is 6. The van der Waals surface area contributed by atoms with E-state index >= 15 is 0 Å². The summed E-state index contributed by atoms with van der Waals surface area (Å²) in [6.07, 6.45) is 2.61. The minimum atomic E-state index is -3.23. The van der Waals surface area contributed by atoms with Crippen LogP contribution in [0.1, 0.15) is 26.1 Å². The predicted molar refractivity (Wildman–Crippen MR) is 110 cm³/mol. The second-order valence-electron chi connectivity index (χ2n) is 7.19. The Labute approximate surface area is 177 Å². The fourth-order valence-electron chi connectivity index (χ4n) is 3.51. The van der Waals surface area contributed by atoms with Gasteiger partial charge in [-0.15, -0.1) is 5.10 Å². The molecule has 11 heteroatoms. The second kappa shape index (κ2) is 7.92. The maximum Gasteiger partial charge on any atom is 0.304 e. The van der Waals surface area contributed by atoms with Crippen molar-refractivity contribution in [3.63, 3.8) is 0 Å². The highest BCUT2D eigenvalue weighted by Crippen LogP contribution is 2.33. The molecule has 0 aromatic carbocycles. The van der Waals surface area contributed by atoms with Crippen LogP contribution >= 0.6 is 11.6 Å². The molecule has 1 saturated heterocycles. The first kappa shape index (κ1) is 20.7. The summed E-state index contributed by atoms with van der Waals surface area (Å²) in [6.45, 7) is 4.37. The number of alkyl halides is 2.